The van der Waals surface area contributed by atoms with E-state index in [9.17, 15) is 0 Å². The van der Waals surface area contributed by atoms with Crippen LogP contribution in [0.15, 0.2) is 17.5 Å². The predicted molar refractivity (Wildman–Crippen MR) is 92.2 cm³/mol. The molecule has 1 saturated heterocycles. The zero-order chi connectivity index (χ0) is 16.6. The summed E-state index contributed by atoms with van der Waals surface area (Å²) in [6, 6.07) is 4.43. The van der Waals surface area contributed by atoms with E-state index in [0.29, 0.717) is 11.9 Å². The third-order valence-electron chi connectivity index (χ3n) is 4.90. The largest absolute Gasteiger partial charge is 0.481 e. The Morgan fingerprint density at radius 2 is 2.04 bits per heavy atom. The summed E-state index contributed by atoms with van der Waals surface area (Å²) in [7, 11) is 3.17. The number of thiophene rings is 1. The molecule has 0 aromatic carbocycles. The first kappa shape index (κ1) is 15.7. The van der Waals surface area contributed by atoms with Crippen LogP contribution >= 0.6 is 11.3 Å². The highest BCUT2D eigenvalue weighted by Crippen LogP contribution is 2.43. The Hall–Kier alpha value is -1.86. The van der Waals surface area contributed by atoms with Crippen molar-refractivity contribution < 1.29 is 14.2 Å². The zero-order valence-corrected chi connectivity index (χ0v) is 14.8. The smallest absolute Gasteiger partial charge is 0.321 e. The summed E-state index contributed by atoms with van der Waals surface area (Å²) >= 11 is 1.85. The van der Waals surface area contributed by atoms with Gasteiger partial charge in [-0.15, -0.1) is 11.3 Å². The van der Waals surface area contributed by atoms with Crippen LogP contribution in [0.2, 0.25) is 0 Å². The molecule has 0 atom stereocenters. The fourth-order valence-corrected chi connectivity index (χ4v) is 4.57. The first-order valence-corrected chi connectivity index (χ1v) is 9.05. The van der Waals surface area contributed by atoms with Crippen LogP contribution in [-0.2, 0) is 16.8 Å². The van der Waals surface area contributed by atoms with Crippen LogP contribution in [0.25, 0.3) is 0 Å². The predicted octanol–water partition coefficient (Wildman–Crippen LogP) is 2.62. The fourth-order valence-electron chi connectivity index (χ4n) is 3.62. The summed E-state index contributed by atoms with van der Waals surface area (Å²) in [6.07, 6.45) is 2.97. The second-order valence-electron chi connectivity index (χ2n) is 6.09. The average Bonchev–Trinajstić information content (AvgIpc) is 3.12. The minimum absolute atomic E-state index is 0.120. The minimum Gasteiger partial charge on any atom is -0.481 e. The molecule has 7 heteroatoms. The van der Waals surface area contributed by atoms with Gasteiger partial charge < -0.3 is 19.1 Å². The van der Waals surface area contributed by atoms with Gasteiger partial charge in [-0.3, -0.25) is 0 Å². The van der Waals surface area contributed by atoms with Crippen LogP contribution in [0.3, 0.4) is 0 Å². The molecule has 2 aromatic rings. The molecule has 2 aliphatic heterocycles. The van der Waals surface area contributed by atoms with E-state index in [-0.39, 0.29) is 5.60 Å². The number of anilines is 1. The number of fused-ring (bicyclic) bond motifs is 2. The van der Waals surface area contributed by atoms with Crippen LogP contribution in [0.1, 0.15) is 23.3 Å². The Morgan fingerprint density at radius 1 is 1.21 bits per heavy atom. The number of hydrogen-bond acceptors (Lipinski definition) is 7. The molecule has 4 rings (SSSR count). The van der Waals surface area contributed by atoms with Crippen molar-refractivity contribution in [1.82, 2.24) is 9.97 Å². The van der Waals surface area contributed by atoms with Crippen molar-refractivity contribution in [2.45, 2.75) is 24.9 Å². The molecule has 1 fully saturated rings. The van der Waals surface area contributed by atoms with Gasteiger partial charge in [-0.2, -0.15) is 9.97 Å². The third-order valence-corrected chi connectivity index (χ3v) is 5.88. The van der Waals surface area contributed by atoms with Crippen molar-refractivity contribution in [2.75, 3.05) is 38.8 Å². The molecule has 0 unspecified atom stereocenters. The molecule has 4 heterocycles. The van der Waals surface area contributed by atoms with Gasteiger partial charge in [0.2, 0.25) is 5.88 Å². The van der Waals surface area contributed by atoms with Gasteiger partial charge in [0.05, 0.1) is 26.4 Å². The number of aromatic nitrogens is 2. The summed E-state index contributed by atoms with van der Waals surface area (Å²) in [4.78, 5) is 12.4. The summed E-state index contributed by atoms with van der Waals surface area (Å²) in [6.45, 7) is 2.60. The Bertz CT molecular complexity index is 703. The van der Waals surface area contributed by atoms with Crippen molar-refractivity contribution in [1.29, 1.82) is 0 Å². The molecular weight excluding hydrogens is 326 g/mol. The van der Waals surface area contributed by atoms with Crippen LogP contribution in [-0.4, -0.2) is 43.9 Å². The molecule has 6 nitrogen and oxygen atoms in total. The van der Waals surface area contributed by atoms with Gasteiger partial charge in [-0.25, -0.2) is 0 Å². The number of rotatable bonds is 3. The number of hydrogen-bond donors (Lipinski definition) is 0. The summed E-state index contributed by atoms with van der Waals surface area (Å²) in [5, 5.41) is 2.19. The molecule has 128 valence electrons. The molecule has 1 spiro atoms. The summed E-state index contributed by atoms with van der Waals surface area (Å²) in [5.74, 6) is 1.36. The minimum atomic E-state index is -0.120. The van der Waals surface area contributed by atoms with E-state index in [1.54, 1.807) is 14.2 Å². The van der Waals surface area contributed by atoms with E-state index in [0.717, 1.165) is 44.8 Å². The van der Waals surface area contributed by atoms with E-state index < -0.39 is 0 Å². The summed E-state index contributed by atoms with van der Waals surface area (Å²) < 4.78 is 16.7. The van der Waals surface area contributed by atoms with Gasteiger partial charge >= 0.3 is 6.01 Å². The van der Waals surface area contributed by atoms with Gasteiger partial charge in [0, 0.05) is 30.5 Å². The van der Waals surface area contributed by atoms with Crippen LogP contribution in [0.4, 0.5) is 5.82 Å². The van der Waals surface area contributed by atoms with Crippen LogP contribution in [0, 0.1) is 0 Å². The van der Waals surface area contributed by atoms with Crippen molar-refractivity contribution >= 4 is 17.2 Å². The molecule has 0 amide bonds. The maximum Gasteiger partial charge on any atom is 0.321 e. The highest BCUT2D eigenvalue weighted by Gasteiger charge is 2.41. The molecule has 0 saturated carbocycles. The molecule has 2 aromatic heterocycles. The Labute approximate surface area is 145 Å². The van der Waals surface area contributed by atoms with Gasteiger partial charge in [-0.1, -0.05) is 0 Å². The SMILES string of the molecule is COc1cc(N2CCC3(CC2)OCCc2sccc23)nc(OC)n1. The molecule has 0 N–H and O–H groups in total. The Kier molecular flexibility index (Phi) is 4.05. The number of ether oxygens (including phenoxy) is 3. The van der Waals surface area contributed by atoms with Gasteiger partial charge in [0.1, 0.15) is 5.82 Å². The standard InChI is InChI=1S/C17H21N3O3S/c1-21-15-11-14(18-16(19-15)22-2)20-7-5-17(6-8-20)12-4-10-24-13(12)3-9-23-17/h4,10-11H,3,5-9H2,1-2H3. The number of piperidine rings is 1. The lowest BCUT2D eigenvalue weighted by Gasteiger charge is -2.44. The number of nitrogens with zero attached hydrogens (tertiary/aromatic N) is 3. The third kappa shape index (κ3) is 2.61. The Balaban J connectivity index is 1.55. The average molecular weight is 347 g/mol. The molecule has 0 bridgehead atoms. The lowest BCUT2D eigenvalue weighted by Crippen LogP contribution is -2.46. The lowest BCUT2D eigenvalue weighted by atomic mass is 9.82. The second kappa shape index (κ2) is 6.22. The van der Waals surface area contributed by atoms with Gasteiger partial charge in [0.15, 0.2) is 0 Å². The van der Waals surface area contributed by atoms with Crippen LogP contribution in [0.5, 0.6) is 11.9 Å². The van der Waals surface area contributed by atoms with E-state index in [4.69, 9.17) is 14.2 Å². The maximum atomic E-state index is 6.26. The van der Waals surface area contributed by atoms with Crippen molar-refractivity contribution in [3.63, 3.8) is 0 Å². The molecule has 0 radical (unpaired) electrons. The zero-order valence-electron chi connectivity index (χ0n) is 13.9. The molecule has 0 aliphatic carbocycles. The van der Waals surface area contributed by atoms with E-state index in [1.807, 2.05) is 17.4 Å². The van der Waals surface area contributed by atoms with Crippen molar-refractivity contribution in [3.8, 4) is 11.9 Å². The van der Waals surface area contributed by atoms with Gasteiger partial charge in [-0.05, 0) is 29.9 Å². The topological polar surface area (TPSA) is 56.7 Å². The number of methoxy groups -OCH3 is 2. The van der Waals surface area contributed by atoms with E-state index >= 15 is 0 Å². The molecular formula is C17H21N3O3S. The first-order chi connectivity index (χ1) is 11.7. The van der Waals surface area contributed by atoms with Crippen LogP contribution < -0.4 is 14.4 Å². The highest BCUT2D eigenvalue weighted by molar-refractivity contribution is 7.10. The van der Waals surface area contributed by atoms with Gasteiger partial charge in [0.25, 0.3) is 0 Å². The van der Waals surface area contributed by atoms with E-state index in [2.05, 4.69) is 26.3 Å². The van der Waals surface area contributed by atoms with Crippen molar-refractivity contribution in [2.24, 2.45) is 0 Å². The first-order valence-electron chi connectivity index (χ1n) is 8.17. The quantitative estimate of drug-likeness (QED) is 0.851. The maximum absolute atomic E-state index is 6.26. The molecule has 2 aliphatic rings. The Morgan fingerprint density at radius 3 is 2.79 bits per heavy atom. The monoisotopic (exact) mass is 347 g/mol. The second-order valence-corrected chi connectivity index (χ2v) is 7.09. The lowest BCUT2D eigenvalue weighted by molar-refractivity contribution is -0.0757. The fraction of sp³-hybridized carbons (Fsp3) is 0.529. The summed E-state index contributed by atoms with van der Waals surface area (Å²) in [5.41, 5.74) is 1.28. The normalized spacial score (nSPS) is 19.2. The van der Waals surface area contributed by atoms with Crippen molar-refractivity contribution in [3.05, 3.63) is 28.0 Å². The van der Waals surface area contributed by atoms with E-state index in [1.165, 1.54) is 10.4 Å². The molecule has 24 heavy (non-hydrogen) atoms. The highest BCUT2D eigenvalue weighted by atomic mass is 32.1.